The Morgan fingerprint density at radius 3 is 2.29 bits per heavy atom. The van der Waals surface area contributed by atoms with E-state index in [2.05, 4.69) is 47.4 Å². The molecule has 4 aliphatic heterocycles. The number of nitrogen functional groups attached to an aromatic ring is 1. The zero-order valence-corrected chi connectivity index (χ0v) is 30.3. The summed E-state index contributed by atoms with van der Waals surface area (Å²) in [6.07, 6.45) is 4.84. The van der Waals surface area contributed by atoms with Crippen molar-refractivity contribution >= 4 is 67.2 Å². The van der Waals surface area contributed by atoms with Crippen LogP contribution in [0, 0.1) is 0 Å². The van der Waals surface area contributed by atoms with Crippen LogP contribution in [0.2, 0.25) is 0 Å². The fraction of sp³-hybridized carbons (Fsp3) is 0.529. The Hall–Kier alpha value is -3.36. The molecule has 0 aromatic heterocycles. The number of esters is 1. The minimum Gasteiger partial charge on any atom is -0.468 e. The molecule has 0 bridgehead atoms. The van der Waals surface area contributed by atoms with Gasteiger partial charge in [-0.05, 0) is 106 Å². The largest absolute Gasteiger partial charge is 0.468 e. The molecule has 5 amide bonds. The Kier molecular flexibility index (Phi) is 10.8. The van der Waals surface area contributed by atoms with E-state index in [0.717, 1.165) is 49.0 Å². The lowest BCUT2D eigenvalue weighted by molar-refractivity contribution is -0.147. The molecule has 48 heavy (non-hydrogen) atoms. The SMILES string of the molecule is COC(=O)[C@H]1CCCN1C1CCN(C(=O)[C@@H](Cc2cc(Br)c(N)c(Br)c2)NC(=O)N2CCC(N3Cc4ccccc4NC3=O)CC2)CC1. The van der Waals surface area contributed by atoms with Gasteiger partial charge in [-0.1, -0.05) is 18.2 Å². The van der Waals surface area contributed by atoms with Gasteiger partial charge in [0.05, 0.1) is 12.8 Å². The lowest BCUT2D eigenvalue weighted by atomic mass is 9.99. The maximum atomic E-state index is 14.1. The Labute approximate surface area is 297 Å². The average Bonchev–Trinajstić information content (AvgIpc) is 3.60. The Morgan fingerprint density at radius 2 is 1.60 bits per heavy atom. The van der Waals surface area contributed by atoms with Crippen LogP contribution >= 0.6 is 31.9 Å². The maximum absolute atomic E-state index is 14.1. The number of carbonyl (C=O) groups is 4. The molecule has 0 aliphatic carbocycles. The van der Waals surface area contributed by atoms with Crippen LogP contribution in [0.15, 0.2) is 45.3 Å². The molecule has 2 aromatic rings. The number of likely N-dealkylation sites (tertiary alicyclic amines) is 3. The van der Waals surface area contributed by atoms with Gasteiger partial charge in [-0.15, -0.1) is 0 Å². The molecule has 6 rings (SSSR count). The number of fused-ring (bicyclic) bond motifs is 1. The molecule has 2 aromatic carbocycles. The second kappa shape index (κ2) is 15.0. The summed E-state index contributed by atoms with van der Waals surface area (Å²) in [6.45, 7) is 3.43. The van der Waals surface area contributed by atoms with Crippen LogP contribution in [0.5, 0.6) is 0 Å². The number of halogens is 2. The zero-order valence-electron chi connectivity index (χ0n) is 27.1. The van der Waals surface area contributed by atoms with E-state index in [0.29, 0.717) is 66.6 Å². The molecule has 2 atom stereocenters. The van der Waals surface area contributed by atoms with Gasteiger partial charge in [0.25, 0.3) is 0 Å². The first kappa shape index (κ1) is 34.5. The van der Waals surface area contributed by atoms with Crippen molar-refractivity contribution in [3.05, 3.63) is 56.5 Å². The second-order valence-corrected chi connectivity index (χ2v) is 14.8. The molecular weight excluding hydrogens is 746 g/mol. The van der Waals surface area contributed by atoms with Crippen molar-refractivity contribution in [2.45, 2.75) is 75.7 Å². The van der Waals surface area contributed by atoms with Gasteiger partial charge in [0.2, 0.25) is 5.91 Å². The predicted molar refractivity (Wildman–Crippen MR) is 189 cm³/mol. The first-order chi connectivity index (χ1) is 23.1. The molecule has 14 heteroatoms. The third-order valence-corrected chi connectivity index (χ3v) is 11.6. The van der Waals surface area contributed by atoms with Crippen LogP contribution in [0.25, 0.3) is 0 Å². The number of hydrogen-bond acceptors (Lipinski definition) is 7. The highest BCUT2D eigenvalue weighted by Crippen LogP contribution is 2.32. The highest BCUT2D eigenvalue weighted by atomic mass is 79.9. The van der Waals surface area contributed by atoms with E-state index < -0.39 is 6.04 Å². The molecule has 4 N–H and O–H groups in total. The third kappa shape index (κ3) is 7.45. The molecule has 3 saturated heterocycles. The molecule has 4 aliphatic rings. The number of carbonyl (C=O) groups excluding carboxylic acids is 4. The van der Waals surface area contributed by atoms with Gasteiger partial charge in [-0.2, -0.15) is 0 Å². The van der Waals surface area contributed by atoms with Gasteiger partial charge in [-0.25, -0.2) is 9.59 Å². The van der Waals surface area contributed by atoms with Crippen LogP contribution in [0.1, 0.15) is 49.7 Å². The normalized spacial score (nSPS) is 21.4. The van der Waals surface area contributed by atoms with Crippen molar-refractivity contribution in [1.29, 1.82) is 0 Å². The van der Waals surface area contributed by atoms with Crippen LogP contribution < -0.4 is 16.4 Å². The number of nitrogens with two attached hydrogens (primary N) is 1. The van der Waals surface area contributed by atoms with Crippen molar-refractivity contribution in [2.75, 3.05) is 50.9 Å². The van der Waals surface area contributed by atoms with E-state index in [1.54, 1.807) is 4.90 Å². The van der Waals surface area contributed by atoms with Crippen LogP contribution in [0.4, 0.5) is 21.0 Å². The minimum atomic E-state index is -0.784. The predicted octanol–water partition coefficient (Wildman–Crippen LogP) is 4.56. The van der Waals surface area contributed by atoms with Gasteiger partial charge in [0, 0.05) is 65.9 Å². The van der Waals surface area contributed by atoms with E-state index in [4.69, 9.17) is 10.5 Å². The summed E-state index contributed by atoms with van der Waals surface area (Å²) in [5.74, 6) is -0.321. The van der Waals surface area contributed by atoms with E-state index in [1.165, 1.54) is 7.11 Å². The highest BCUT2D eigenvalue weighted by Gasteiger charge is 2.39. The standard InChI is InChI=1S/C34H43Br2N7O5/c1-48-32(45)29-7-4-12-42(29)23-8-13-40(14-9-23)31(44)28(19-21-17-25(35)30(37)26(36)18-21)39-33(46)41-15-10-24(11-16-41)43-20-22-5-2-3-6-27(22)38-34(43)47/h2-3,5-6,17-18,23-24,28-29H,4,7-16,19-20,37H2,1H3,(H,38,47)(H,39,46)/t28-,29-/m1/s1. The molecule has 0 saturated carbocycles. The first-order valence-electron chi connectivity index (χ1n) is 16.7. The van der Waals surface area contributed by atoms with E-state index >= 15 is 0 Å². The number of nitrogens with zero attached hydrogens (tertiary/aromatic N) is 4. The summed E-state index contributed by atoms with van der Waals surface area (Å²) in [6, 6.07) is 10.4. The second-order valence-electron chi connectivity index (χ2n) is 13.1. The third-order valence-electron chi connectivity index (χ3n) is 10.2. The number of benzene rings is 2. The van der Waals surface area contributed by atoms with Gasteiger partial charge < -0.3 is 35.8 Å². The number of anilines is 2. The summed E-state index contributed by atoms with van der Waals surface area (Å²) in [5, 5.41) is 6.06. The zero-order chi connectivity index (χ0) is 33.9. The fourth-order valence-electron chi connectivity index (χ4n) is 7.58. The summed E-state index contributed by atoms with van der Waals surface area (Å²) < 4.78 is 6.47. The molecule has 4 heterocycles. The number of amides is 5. The topological polar surface area (TPSA) is 141 Å². The van der Waals surface area contributed by atoms with E-state index in [-0.39, 0.29) is 42.1 Å². The first-order valence-corrected chi connectivity index (χ1v) is 18.3. The molecule has 0 spiro atoms. The smallest absolute Gasteiger partial charge is 0.323 e. The van der Waals surface area contributed by atoms with Crippen molar-refractivity contribution in [2.24, 2.45) is 0 Å². The highest BCUT2D eigenvalue weighted by molar-refractivity contribution is 9.11. The van der Waals surface area contributed by atoms with Gasteiger partial charge in [0.15, 0.2) is 0 Å². The molecule has 0 radical (unpaired) electrons. The number of para-hydroxylation sites is 1. The fourth-order valence-corrected chi connectivity index (χ4v) is 8.86. The number of piperidine rings is 2. The molecule has 258 valence electrons. The van der Waals surface area contributed by atoms with Gasteiger partial charge >= 0.3 is 18.0 Å². The maximum Gasteiger partial charge on any atom is 0.323 e. The number of hydrogen-bond donors (Lipinski definition) is 3. The molecule has 3 fully saturated rings. The van der Waals surface area contributed by atoms with Crippen LogP contribution in [-0.2, 0) is 27.3 Å². The van der Waals surface area contributed by atoms with Crippen LogP contribution in [-0.4, -0.2) is 108 Å². The average molecular weight is 790 g/mol. The monoisotopic (exact) mass is 787 g/mol. The number of ether oxygens (including phenoxy) is 1. The van der Waals surface area contributed by atoms with Crippen molar-refractivity contribution in [1.82, 2.24) is 24.9 Å². The number of urea groups is 2. The van der Waals surface area contributed by atoms with Crippen molar-refractivity contribution < 1.29 is 23.9 Å². The van der Waals surface area contributed by atoms with Crippen molar-refractivity contribution in [3.8, 4) is 0 Å². The molecule has 0 unspecified atom stereocenters. The Balaban J connectivity index is 1.10. The molecular formula is C34H43Br2N7O5. The van der Waals surface area contributed by atoms with Crippen molar-refractivity contribution in [3.63, 3.8) is 0 Å². The lowest BCUT2D eigenvalue weighted by Gasteiger charge is -2.41. The van der Waals surface area contributed by atoms with E-state index in [1.807, 2.05) is 46.2 Å². The van der Waals surface area contributed by atoms with Crippen LogP contribution in [0.3, 0.4) is 0 Å². The molecule has 12 nitrogen and oxygen atoms in total. The number of rotatable bonds is 7. The number of methoxy groups -OCH3 is 1. The Morgan fingerprint density at radius 1 is 0.958 bits per heavy atom. The van der Waals surface area contributed by atoms with E-state index in [9.17, 15) is 19.2 Å². The number of nitrogens with one attached hydrogen (secondary N) is 2. The van der Waals surface area contributed by atoms with Gasteiger partial charge in [0.1, 0.15) is 12.1 Å². The Bertz CT molecular complexity index is 1520. The minimum absolute atomic E-state index is 0.0139. The summed E-state index contributed by atoms with van der Waals surface area (Å²) in [5.41, 5.74) is 9.46. The summed E-state index contributed by atoms with van der Waals surface area (Å²) >= 11 is 7.02. The van der Waals surface area contributed by atoms with Gasteiger partial charge in [-0.3, -0.25) is 14.5 Å². The lowest BCUT2D eigenvalue weighted by Crippen LogP contribution is -2.58. The summed E-state index contributed by atoms with van der Waals surface area (Å²) in [4.78, 5) is 60.7. The summed E-state index contributed by atoms with van der Waals surface area (Å²) in [7, 11) is 1.43. The quantitative estimate of drug-likeness (QED) is 0.276.